The van der Waals surface area contributed by atoms with Gasteiger partial charge in [-0.25, -0.2) is 4.98 Å². The minimum absolute atomic E-state index is 0.274. The van der Waals surface area contributed by atoms with E-state index in [0.29, 0.717) is 5.69 Å². The van der Waals surface area contributed by atoms with Crippen LogP contribution in [-0.2, 0) is 4.79 Å². The summed E-state index contributed by atoms with van der Waals surface area (Å²) >= 11 is 11.4. The van der Waals surface area contributed by atoms with Gasteiger partial charge in [-0.2, -0.15) is 0 Å². The van der Waals surface area contributed by atoms with Gasteiger partial charge in [0.05, 0.1) is 5.69 Å². The number of carbonyl (C=O) groups excluding carboxylic acids is 1. The standard InChI is InChI=1S/C9H10Cl2N2O/c1-5-3-4-12-8(11)7(5)13-9(14)6(2)10/h3-4,6H,1-2H3,(H,13,14). The van der Waals surface area contributed by atoms with E-state index in [4.69, 9.17) is 23.2 Å². The number of amides is 1. The Balaban J connectivity index is 2.91. The number of aryl methyl sites for hydroxylation is 1. The third-order valence-electron chi connectivity index (χ3n) is 1.72. The van der Waals surface area contributed by atoms with Gasteiger partial charge in [0.25, 0.3) is 0 Å². The Morgan fingerprint density at radius 2 is 2.29 bits per heavy atom. The third kappa shape index (κ3) is 2.59. The fourth-order valence-electron chi connectivity index (χ4n) is 0.898. The van der Waals surface area contributed by atoms with Crippen LogP contribution in [0.25, 0.3) is 0 Å². The van der Waals surface area contributed by atoms with Gasteiger partial charge < -0.3 is 5.32 Å². The van der Waals surface area contributed by atoms with Gasteiger partial charge in [-0.3, -0.25) is 4.79 Å². The molecule has 0 saturated heterocycles. The normalized spacial score (nSPS) is 12.3. The monoisotopic (exact) mass is 232 g/mol. The van der Waals surface area contributed by atoms with E-state index in [1.165, 1.54) is 0 Å². The van der Waals surface area contributed by atoms with Gasteiger partial charge in [0.15, 0.2) is 5.15 Å². The highest BCUT2D eigenvalue weighted by Crippen LogP contribution is 2.22. The smallest absolute Gasteiger partial charge is 0.242 e. The van der Waals surface area contributed by atoms with Crippen molar-refractivity contribution in [2.45, 2.75) is 19.2 Å². The molecular formula is C9H10Cl2N2O. The van der Waals surface area contributed by atoms with Crippen LogP contribution in [0.1, 0.15) is 12.5 Å². The average molecular weight is 233 g/mol. The Bertz CT molecular complexity index is 332. The van der Waals surface area contributed by atoms with Crippen molar-refractivity contribution in [1.82, 2.24) is 4.98 Å². The Hall–Kier alpha value is -0.800. The molecule has 1 atom stereocenters. The summed E-state index contributed by atoms with van der Waals surface area (Å²) in [6, 6.07) is 1.76. The van der Waals surface area contributed by atoms with E-state index in [0.717, 1.165) is 5.56 Å². The molecule has 1 heterocycles. The Kier molecular flexibility index (Phi) is 3.72. The van der Waals surface area contributed by atoms with E-state index < -0.39 is 5.38 Å². The molecular weight excluding hydrogens is 223 g/mol. The van der Waals surface area contributed by atoms with Crippen molar-refractivity contribution in [2.24, 2.45) is 0 Å². The molecule has 0 spiro atoms. The first-order chi connectivity index (χ1) is 6.52. The van der Waals surface area contributed by atoms with Crippen molar-refractivity contribution in [3.8, 4) is 0 Å². The largest absolute Gasteiger partial charge is 0.322 e. The number of hydrogen-bond donors (Lipinski definition) is 1. The van der Waals surface area contributed by atoms with Crippen molar-refractivity contribution >= 4 is 34.8 Å². The van der Waals surface area contributed by atoms with Crippen LogP contribution in [0.2, 0.25) is 5.15 Å². The molecule has 76 valence electrons. The molecule has 0 aliphatic heterocycles. The lowest BCUT2D eigenvalue weighted by Gasteiger charge is -2.09. The topological polar surface area (TPSA) is 42.0 Å². The first-order valence-electron chi connectivity index (χ1n) is 4.08. The van der Waals surface area contributed by atoms with E-state index in [2.05, 4.69) is 10.3 Å². The Morgan fingerprint density at radius 1 is 1.64 bits per heavy atom. The molecule has 0 fully saturated rings. The number of pyridine rings is 1. The summed E-state index contributed by atoms with van der Waals surface area (Å²) in [6.07, 6.45) is 1.58. The zero-order chi connectivity index (χ0) is 10.7. The Morgan fingerprint density at radius 3 is 2.79 bits per heavy atom. The van der Waals surface area contributed by atoms with Gasteiger partial charge >= 0.3 is 0 Å². The molecule has 1 unspecified atom stereocenters. The maximum Gasteiger partial charge on any atom is 0.242 e. The second-order valence-corrected chi connectivity index (χ2v) is 3.91. The fourth-order valence-corrected chi connectivity index (χ4v) is 1.21. The number of hydrogen-bond acceptors (Lipinski definition) is 2. The van der Waals surface area contributed by atoms with Crippen molar-refractivity contribution in [3.05, 3.63) is 23.0 Å². The molecule has 1 N–H and O–H groups in total. The second kappa shape index (κ2) is 4.62. The van der Waals surface area contributed by atoms with Crippen LogP contribution >= 0.6 is 23.2 Å². The first-order valence-corrected chi connectivity index (χ1v) is 4.90. The summed E-state index contributed by atoms with van der Waals surface area (Å²) in [5, 5.41) is 2.29. The summed E-state index contributed by atoms with van der Waals surface area (Å²) in [6.45, 7) is 3.43. The summed E-state index contributed by atoms with van der Waals surface area (Å²) in [4.78, 5) is 15.1. The quantitative estimate of drug-likeness (QED) is 0.630. The lowest BCUT2D eigenvalue weighted by atomic mass is 10.2. The zero-order valence-electron chi connectivity index (χ0n) is 7.84. The van der Waals surface area contributed by atoms with E-state index in [-0.39, 0.29) is 11.1 Å². The number of anilines is 1. The van der Waals surface area contributed by atoms with Crippen LogP contribution in [0.4, 0.5) is 5.69 Å². The van der Waals surface area contributed by atoms with E-state index in [9.17, 15) is 4.79 Å². The van der Waals surface area contributed by atoms with Gasteiger partial charge in [-0.05, 0) is 25.5 Å². The maximum atomic E-state index is 11.3. The molecule has 1 aromatic heterocycles. The van der Waals surface area contributed by atoms with Gasteiger partial charge in [-0.1, -0.05) is 11.6 Å². The molecule has 1 amide bonds. The van der Waals surface area contributed by atoms with Crippen molar-refractivity contribution in [1.29, 1.82) is 0 Å². The number of nitrogens with one attached hydrogen (secondary N) is 1. The number of halogens is 2. The lowest BCUT2D eigenvalue weighted by molar-refractivity contribution is -0.115. The second-order valence-electron chi connectivity index (χ2n) is 2.90. The van der Waals surface area contributed by atoms with Gasteiger partial charge in [0, 0.05) is 6.20 Å². The van der Waals surface area contributed by atoms with E-state index in [1.807, 2.05) is 6.92 Å². The zero-order valence-corrected chi connectivity index (χ0v) is 9.36. The molecule has 1 rings (SSSR count). The number of carbonyl (C=O) groups is 1. The first kappa shape index (κ1) is 11.3. The Labute approximate surface area is 92.4 Å². The third-order valence-corrected chi connectivity index (χ3v) is 2.21. The summed E-state index contributed by atoms with van der Waals surface area (Å²) < 4.78 is 0. The van der Waals surface area contributed by atoms with Gasteiger partial charge in [0.2, 0.25) is 5.91 Å². The molecule has 5 heteroatoms. The number of aromatic nitrogens is 1. The van der Waals surface area contributed by atoms with Crippen molar-refractivity contribution in [3.63, 3.8) is 0 Å². The molecule has 0 saturated carbocycles. The molecule has 1 aromatic rings. The van der Waals surface area contributed by atoms with Crippen LogP contribution in [-0.4, -0.2) is 16.3 Å². The molecule has 3 nitrogen and oxygen atoms in total. The SMILES string of the molecule is Cc1ccnc(Cl)c1NC(=O)C(C)Cl. The fraction of sp³-hybridized carbons (Fsp3) is 0.333. The number of nitrogens with zero attached hydrogens (tertiary/aromatic N) is 1. The highest BCUT2D eigenvalue weighted by molar-refractivity contribution is 6.35. The predicted molar refractivity (Wildman–Crippen MR) is 57.9 cm³/mol. The maximum absolute atomic E-state index is 11.3. The van der Waals surface area contributed by atoms with Gasteiger partial charge in [0.1, 0.15) is 5.38 Å². The minimum Gasteiger partial charge on any atom is -0.322 e. The van der Waals surface area contributed by atoms with Crippen LogP contribution in [0, 0.1) is 6.92 Å². The van der Waals surface area contributed by atoms with Crippen LogP contribution in [0.15, 0.2) is 12.3 Å². The van der Waals surface area contributed by atoms with E-state index >= 15 is 0 Å². The molecule has 0 aliphatic rings. The highest BCUT2D eigenvalue weighted by atomic mass is 35.5. The molecule has 14 heavy (non-hydrogen) atoms. The van der Waals surface area contributed by atoms with Gasteiger partial charge in [-0.15, -0.1) is 11.6 Å². The lowest BCUT2D eigenvalue weighted by Crippen LogP contribution is -2.21. The number of alkyl halides is 1. The molecule has 0 bridgehead atoms. The van der Waals surface area contributed by atoms with E-state index in [1.54, 1.807) is 19.2 Å². The molecule has 0 radical (unpaired) electrons. The highest BCUT2D eigenvalue weighted by Gasteiger charge is 2.13. The van der Waals surface area contributed by atoms with Crippen molar-refractivity contribution in [2.75, 3.05) is 5.32 Å². The van der Waals surface area contributed by atoms with Crippen LogP contribution in [0.5, 0.6) is 0 Å². The predicted octanol–water partition coefficient (Wildman–Crippen LogP) is 2.61. The molecule has 0 aliphatic carbocycles. The summed E-state index contributed by atoms with van der Waals surface area (Å²) in [5.74, 6) is -0.287. The molecule has 0 aromatic carbocycles. The van der Waals surface area contributed by atoms with Crippen molar-refractivity contribution < 1.29 is 4.79 Å². The van der Waals surface area contributed by atoms with Crippen LogP contribution in [0.3, 0.4) is 0 Å². The van der Waals surface area contributed by atoms with Crippen LogP contribution < -0.4 is 5.32 Å². The minimum atomic E-state index is -0.592. The number of rotatable bonds is 2. The summed E-state index contributed by atoms with van der Waals surface area (Å²) in [5.41, 5.74) is 1.38. The summed E-state index contributed by atoms with van der Waals surface area (Å²) in [7, 11) is 0. The average Bonchev–Trinajstić information content (AvgIpc) is 2.11.